The number of hydrogen-bond acceptors (Lipinski definition) is 5. The molecule has 0 aliphatic rings. The van der Waals surface area contributed by atoms with E-state index < -0.39 is 5.97 Å². The van der Waals surface area contributed by atoms with E-state index in [9.17, 15) is 19.8 Å². The summed E-state index contributed by atoms with van der Waals surface area (Å²) in [6, 6.07) is 7.14. The van der Waals surface area contributed by atoms with Gasteiger partial charge < -0.3 is 20.1 Å². The molecule has 3 N–H and O–H groups in total. The van der Waals surface area contributed by atoms with Crippen LogP contribution in [0.25, 0.3) is 0 Å². The maximum Gasteiger partial charge on any atom is 0.339 e. The lowest BCUT2D eigenvalue weighted by Gasteiger charge is -2.13. The molecule has 2 rings (SSSR count). The van der Waals surface area contributed by atoms with Crippen LogP contribution in [0, 0.1) is 0 Å². The first-order chi connectivity index (χ1) is 11.3. The highest BCUT2D eigenvalue weighted by Crippen LogP contribution is 2.30. The number of rotatable bonds is 6. The molecular formula is C18H18O6. The molecule has 2 aromatic rings. The van der Waals surface area contributed by atoms with E-state index in [0.717, 1.165) is 5.56 Å². The smallest absolute Gasteiger partial charge is 0.339 e. The number of phenolic OH excluding ortho intramolecular Hbond substituents is 1. The van der Waals surface area contributed by atoms with Crippen molar-refractivity contribution in [2.45, 2.75) is 26.9 Å². The van der Waals surface area contributed by atoms with Crippen LogP contribution in [0.2, 0.25) is 0 Å². The Morgan fingerprint density at radius 3 is 2.25 bits per heavy atom. The minimum absolute atomic E-state index is 0.0827. The number of carboxylic acid groups (broad SMARTS) is 1. The van der Waals surface area contributed by atoms with Gasteiger partial charge in [-0.1, -0.05) is 13.0 Å². The van der Waals surface area contributed by atoms with E-state index >= 15 is 0 Å². The number of benzene rings is 2. The summed E-state index contributed by atoms with van der Waals surface area (Å²) in [5, 5.41) is 28.5. The van der Waals surface area contributed by atoms with Crippen molar-refractivity contribution in [1.29, 1.82) is 0 Å². The average Bonchev–Trinajstić information content (AvgIpc) is 2.52. The summed E-state index contributed by atoms with van der Waals surface area (Å²) in [4.78, 5) is 22.3. The predicted molar refractivity (Wildman–Crippen MR) is 86.9 cm³/mol. The number of aromatic hydroxyl groups is 2. The fraction of sp³-hybridized carbons (Fsp3) is 0.222. The second-order valence-electron chi connectivity index (χ2n) is 5.33. The Kier molecular flexibility index (Phi) is 5.08. The second kappa shape index (κ2) is 7.04. The Morgan fingerprint density at radius 1 is 1.04 bits per heavy atom. The zero-order chi connectivity index (χ0) is 17.9. The topological polar surface area (TPSA) is 104 Å². The first-order valence-electron chi connectivity index (χ1n) is 7.38. The normalized spacial score (nSPS) is 10.4. The van der Waals surface area contributed by atoms with Crippen LogP contribution >= 0.6 is 0 Å². The van der Waals surface area contributed by atoms with Crippen molar-refractivity contribution >= 4 is 11.8 Å². The molecule has 0 radical (unpaired) electrons. The Morgan fingerprint density at radius 2 is 1.71 bits per heavy atom. The fourth-order valence-corrected chi connectivity index (χ4v) is 2.32. The number of ketones is 1. The molecule has 0 atom stereocenters. The largest absolute Gasteiger partial charge is 0.507 e. The third kappa shape index (κ3) is 3.65. The molecule has 0 unspecified atom stereocenters. The van der Waals surface area contributed by atoms with Crippen LogP contribution in [0.3, 0.4) is 0 Å². The Bertz CT molecular complexity index is 794. The first-order valence-corrected chi connectivity index (χ1v) is 7.38. The van der Waals surface area contributed by atoms with Crippen LogP contribution in [0.15, 0.2) is 30.3 Å². The quantitative estimate of drug-likeness (QED) is 0.703. The molecule has 0 aliphatic heterocycles. The van der Waals surface area contributed by atoms with Crippen molar-refractivity contribution in [2.24, 2.45) is 0 Å². The number of hydrogen-bond donors (Lipinski definition) is 3. The van der Waals surface area contributed by atoms with Crippen LogP contribution in [-0.4, -0.2) is 27.1 Å². The minimum atomic E-state index is -1.21. The van der Waals surface area contributed by atoms with E-state index in [1.54, 1.807) is 12.1 Å². The summed E-state index contributed by atoms with van der Waals surface area (Å²) < 4.78 is 5.66. The number of carboxylic acids is 1. The third-order valence-corrected chi connectivity index (χ3v) is 3.63. The summed E-state index contributed by atoms with van der Waals surface area (Å²) in [6.45, 7) is 3.36. The first kappa shape index (κ1) is 17.3. The van der Waals surface area contributed by atoms with E-state index in [0.29, 0.717) is 17.7 Å². The van der Waals surface area contributed by atoms with Crippen LogP contribution in [-0.2, 0) is 13.0 Å². The van der Waals surface area contributed by atoms with E-state index in [2.05, 4.69) is 0 Å². The summed E-state index contributed by atoms with van der Waals surface area (Å²) in [6.07, 6.45) is 0.610. The maximum absolute atomic E-state index is 11.5. The van der Waals surface area contributed by atoms with Crippen molar-refractivity contribution in [3.63, 3.8) is 0 Å². The summed E-state index contributed by atoms with van der Waals surface area (Å²) in [5.41, 5.74) is 1.40. The summed E-state index contributed by atoms with van der Waals surface area (Å²) in [7, 11) is 0. The van der Waals surface area contributed by atoms with Crippen molar-refractivity contribution in [3.8, 4) is 17.2 Å². The van der Waals surface area contributed by atoms with Gasteiger partial charge in [0.05, 0.1) is 5.56 Å². The van der Waals surface area contributed by atoms with Gasteiger partial charge in [-0.3, -0.25) is 4.79 Å². The molecule has 0 amide bonds. The van der Waals surface area contributed by atoms with E-state index in [-0.39, 0.29) is 35.0 Å². The van der Waals surface area contributed by atoms with Crippen LogP contribution in [0.1, 0.15) is 45.7 Å². The summed E-state index contributed by atoms with van der Waals surface area (Å²) >= 11 is 0. The zero-order valence-electron chi connectivity index (χ0n) is 13.4. The van der Waals surface area contributed by atoms with Gasteiger partial charge >= 0.3 is 5.97 Å². The molecule has 6 nitrogen and oxygen atoms in total. The zero-order valence-corrected chi connectivity index (χ0v) is 13.4. The van der Waals surface area contributed by atoms with Crippen molar-refractivity contribution < 1.29 is 29.6 Å². The molecule has 0 fully saturated rings. The Hall–Kier alpha value is -3.02. The van der Waals surface area contributed by atoms with Gasteiger partial charge in [0.15, 0.2) is 5.78 Å². The number of Topliss-reactive ketones (excluding diaryl/α,β-unsaturated/α-hetero) is 1. The minimum Gasteiger partial charge on any atom is -0.507 e. The monoisotopic (exact) mass is 330 g/mol. The summed E-state index contributed by atoms with van der Waals surface area (Å²) in [5.74, 6) is -1.50. The van der Waals surface area contributed by atoms with E-state index in [4.69, 9.17) is 9.84 Å². The number of carbonyl (C=O) groups excluding carboxylic acids is 1. The van der Waals surface area contributed by atoms with Gasteiger partial charge in [-0.05, 0) is 42.7 Å². The van der Waals surface area contributed by atoms with E-state index in [1.165, 1.54) is 25.1 Å². The highest BCUT2D eigenvalue weighted by atomic mass is 16.5. The highest BCUT2D eigenvalue weighted by Gasteiger charge is 2.14. The fourth-order valence-electron chi connectivity index (χ4n) is 2.32. The van der Waals surface area contributed by atoms with Crippen LogP contribution < -0.4 is 4.74 Å². The molecule has 126 valence electrons. The lowest BCUT2D eigenvalue weighted by Crippen LogP contribution is -2.02. The molecule has 0 bridgehead atoms. The van der Waals surface area contributed by atoms with Crippen molar-refractivity contribution in [3.05, 3.63) is 52.6 Å². The van der Waals surface area contributed by atoms with Crippen molar-refractivity contribution in [1.82, 2.24) is 0 Å². The number of ether oxygens (including phenoxy) is 1. The molecular weight excluding hydrogens is 312 g/mol. The molecule has 2 aromatic carbocycles. The molecule has 0 heterocycles. The van der Waals surface area contributed by atoms with Gasteiger partial charge in [-0.25, -0.2) is 4.79 Å². The van der Waals surface area contributed by atoms with Crippen LogP contribution in [0.4, 0.5) is 0 Å². The van der Waals surface area contributed by atoms with Gasteiger partial charge in [0, 0.05) is 6.07 Å². The van der Waals surface area contributed by atoms with Gasteiger partial charge in [-0.2, -0.15) is 0 Å². The third-order valence-electron chi connectivity index (χ3n) is 3.63. The second-order valence-corrected chi connectivity index (χ2v) is 5.33. The molecule has 6 heteroatoms. The number of aromatic carboxylic acids is 1. The van der Waals surface area contributed by atoms with Crippen molar-refractivity contribution in [2.75, 3.05) is 0 Å². The number of carbonyl (C=O) groups is 2. The predicted octanol–water partition coefficient (Wildman–Crippen LogP) is 3.14. The Balaban J connectivity index is 2.23. The van der Waals surface area contributed by atoms with Gasteiger partial charge in [-0.15, -0.1) is 0 Å². The molecule has 24 heavy (non-hydrogen) atoms. The molecule has 0 saturated heterocycles. The average molecular weight is 330 g/mol. The standard InChI is InChI=1S/C18H18O6/c1-3-12-7-14(10(2)19)16(21)8-17(12)24-9-11-4-5-13(18(22)23)15(20)6-11/h4-8,20-21H,3,9H2,1-2H3,(H,22,23). The van der Waals surface area contributed by atoms with Gasteiger partial charge in [0.25, 0.3) is 0 Å². The van der Waals surface area contributed by atoms with E-state index in [1.807, 2.05) is 6.92 Å². The molecule has 0 spiro atoms. The maximum atomic E-state index is 11.5. The molecule has 0 saturated carbocycles. The number of aryl methyl sites for hydroxylation is 1. The lowest BCUT2D eigenvalue weighted by atomic mass is 10.0. The number of phenols is 2. The SMILES string of the molecule is CCc1cc(C(C)=O)c(O)cc1OCc1ccc(C(=O)O)c(O)c1. The van der Waals surface area contributed by atoms with Gasteiger partial charge in [0.2, 0.25) is 0 Å². The lowest BCUT2D eigenvalue weighted by molar-refractivity contribution is 0.0693. The van der Waals surface area contributed by atoms with Gasteiger partial charge in [0.1, 0.15) is 29.4 Å². The Labute approximate surface area is 138 Å². The molecule has 0 aliphatic carbocycles. The highest BCUT2D eigenvalue weighted by molar-refractivity contribution is 5.97. The van der Waals surface area contributed by atoms with Crippen LogP contribution in [0.5, 0.6) is 17.2 Å². The molecule has 0 aromatic heterocycles.